The van der Waals surface area contributed by atoms with Gasteiger partial charge in [-0.2, -0.15) is 0 Å². The van der Waals surface area contributed by atoms with Crippen LogP contribution in [0.3, 0.4) is 0 Å². The van der Waals surface area contributed by atoms with Crippen LogP contribution < -0.4 is 0 Å². The molecule has 0 radical (unpaired) electrons. The largest absolute Gasteiger partial charge is 0.434 e. The molecule has 26 heavy (non-hydrogen) atoms. The standard InChI is InChI=1S/C22H33FO3/c1-3-10-19(23)21(24)26-20(17-22(2)14-8-5-9-15-22)25-16-13-18-11-6-4-7-12-18/h4,6-7,11-12,19-20H,3,5,8-10,13-17H2,1-2H3. The molecule has 1 aliphatic rings. The summed E-state index contributed by atoms with van der Waals surface area (Å²) >= 11 is 0. The first-order valence-electron chi connectivity index (χ1n) is 10.0. The van der Waals surface area contributed by atoms with Crippen LogP contribution in [0.15, 0.2) is 30.3 Å². The smallest absolute Gasteiger partial charge is 0.343 e. The molecule has 146 valence electrons. The van der Waals surface area contributed by atoms with Gasteiger partial charge in [-0.15, -0.1) is 0 Å². The Hall–Kier alpha value is -1.42. The van der Waals surface area contributed by atoms with Crippen LogP contribution in [-0.2, 0) is 20.7 Å². The molecule has 4 heteroatoms. The molecule has 2 unspecified atom stereocenters. The van der Waals surface area contributed by atoms with Gasteiger partial charge >= 0.3 is 5.97 Å². The summed E-state index contributed by atoms with van der Waals surface area (Å²) in [5, 5.41) is 0. The number of halogens is 1. The molecule has 0 aliphatic heterocycles. The van der Waals surface area contributed by atoms with Crippen molar-refractivity contribution >= 4 is 5.97 Å². The van der Waals surface area contributed by atoms with Crippen LogP contribution in [0.2, 0.25) is 0 Å². The van der Waals surface area contributed by atoms with Gasteiger partial charge in [0.2, 0.25) is 6.29 Å². The Balaban J connectivity index is 1.92. The van der Waals surface area contributed by atoms with E-state index < -0.39 is 18.4 Å². The third-order valence-electron chi connectivity index (χ3n) is 5.30. The van der Waals surface area contributed by atoms with Gasteiger partial charge in [0.1, 0.15) is 0 Å². The third-order valence-corrected chi connectivity index (χ3v) is 5.30. The predicted octanol–water partition coefficient (Wildman–Crippen LogP) is 5.61. The third kappa shape index (κ3) is 7.06. The SMILES string of the molecule is CCCC(F)C(=O)OC(CC1(C)CCCCC1)OCCc1ccccc1. The van der Waals surface area contributed by atoms with Crippen LogP contribution >= 0.6 is 0 Å². The fraction of sp³-hybridized carbons (Fsp3) is 0.682. The highest BCUT2D eigenvalue weighted by Gasteiger charge is 2.33. The van der Waals surface area contributed by atoms with E-state index in [1.807, 2.05) is 37.3 Å². The highest BCUT2D eigenvalue weighted by molar-refractivity contribution is 5.74. The Morgan fingerprint density at radius 3 is 2.54 bits per heavy atom. The average molecular weight is 365 g/mol. The number of esters is 1. The van der Waals surface area contributed by atoms with Gasteiger partial charge in [0, 0.05) is 6.42 Å². The zero-order valence-electron chi connectivity index (χ0n) is 16.2. The van der Waals surface area contributed by atoms with Crippen molar-refractivity contribution in [3.8, 4) is 0 Å². The number of ether oxygens (including phenoxy) is 2. The minimum atomic E-state index is -1.56. The normalized spacial score (nSPS) is 18.9. The van der Waals surface area contributed by atoms with E-state index in [0.29, 0.717) is 19.4 Å². The maximum atomic E-state index is 13.9. The highest BCUT2D eigenvalue weighted by Crippen LogP contribution is 2.40. The van der Waals surface area contributed by atoms with E-state index in [4.69, 9.17) is 9.47 Å². The summed E-state index contributed by atoms with van der Waals surface area (Å²) in [7, 11) is 0. The van der Waals surface area contributed by atoms with Crippen molar-refractivity contribution in [1.29, 1.82) is 0 Å². The lowest BCUT2D eigenvalue weighted by molar-refractivity contribution is -0.192. The van der Waals surface area contributed by atoms with Crippen molar-refractivity contribution in [3.63, 3.8) is 0 Å². The van der Waals surface area contributed by atoms with E-state index in [9.17, 15) is 9.18 Å². The number of hydrogen-bond acceptors (Lipinski definition) is 3. The lowest BCUT2D eigenvalue weighted by Gasteiger charge is -2.36. The molecule has 1 aliphatic carbocycles. The highest BCUT2D eigenvalue weighted by atomic mass is 19.1. The average Bonchev–Trinajstić information content (AvgIpc) is 2.63. The van der Waals surface area contributed by atoms with Gasteiger partial charge in [-0.25, -0.2) is 9.18 Å². The van der Waals surface area contributed by atoms with Crippen LogP contribution in [0, 0.1) is 5.41 Å². The summed E-state index contributed by atoms with van der Waals surface area (Å²) in [5.74, 6) is -0.782. The van der Waals surface area contributed by atoms with Gasteiger partial charge in [-0.05, 0) is 36.7 Å². The maximum absolute atomic E-state index is 13.9. The van der Waals surface area contributed by atoms with Gasteiger partial charge in [0.05, 0.1) is 6.61 Å². The van der Waals surface area contributed by atoms with Crippen molar-refractivity contribution in [2.24, 2.45) is 5.41 Å². The summed E-state index contributed by atoms with van der Waals surface area (Å²) in [6.07, 6.45) is 5.87. The van der Waals surface area contributed by atoms with Crippen LogP contribution in [0.4, 0.5) is 4.39 Å². The Morgan fingerprint density at radius 2 is 1.88 bits per heavy atom. The molecule has 0 heterocycles. The summed E-state index contributed by atoms with van der Waals surface area (Å²) in [4.78, 5) is 12.0. The zero-order valence-corrected chi connectivity index (χ0v) is 16.2. The zero-order chi connectivity index (χ0) is 18.8. The lowest BCUT2D eigenvalue weighted by atomic mass is 9.73. The molecule has 1 fully saturated rings. The Labute approximate surface area is 157 Å². The second-order valence-electron chi connectivity index (χ2n) is 7.80. The van der Waals surface area contributed by atoms with E-state index in [1.165, 1.54) is 24.8 Å². The summed E-state index contributed by atoms with van der Waals surface area (Å²) < 4.78 is 25.2. The minimum absolute atomic E-state index is 0.104. The minimum Gasteiger partial charge on any atom is -0.434 e. The topological polar surface area (TPSA) is 35.5 Å². The second-order valence-corrected chi connectivity index (χ2v) is 7.80. The lowest BCUT2D eigenvalue weighted by Crippen LogP contribution is -2.33. The first-order valence-corrected chi connectivity index (χ1v) is 10.0. The Bertz CT molecular complexity index is 525. The molecular formula is C22H33FO3. The van der Waals surface area contributed by atoms with E-state index in [2.05, 4.69) is 6.92 Å². The molecule has 2 atom stereocenters. The molecule has 0 spiro atoms. The van der Waals surface area contributed by atoms with Crippen molar-refractivity contribution < 1.29 is 18.7 Å². The molecule has 3 nitrogen and oxygen atoms in total. The molecule has 0 saturated heterocycles. The second kappa shape index (κ2) is 10.7. The Morgan fingerprint density at radius 1 is 1.19 bits per heavy atom. The van der Waals surface area contributed by atoms with Crippen LogP contribution in [-0.4, -0.2) is 25.0 Å². The van der Waals surface area contributed by atoms with Crippen molar-refractivity contribution in [3.05, 3.63) is 35.9 Å². The molecule has 1 saturated carbocycles. The molecule has 1 aromatic rings. The number of rotatable bonds is 10. The molecule has 0 aromatic heterocycles. The monoisotopic (exact) mass is 364 g/mol. The molecule has 1 aromatic carbocycles. The number of hydrogen-bond donors (Lipinski definition) is 0. The van der Waals surface area contributed by atoms with E-state index in [1.54, 1.807) is 0 Å². The van der Waals surface area contributed by atoms with E-state index in [0.717, 1.165) is 19.3 Å². The van der Waals surface area contributed by atoms with Gasteiger partial charge in [0.15, 0.2) is 6.17 Å². The van der Waals surface area contributed by atoms with E-state index in [-0.39, 0.29) is 11.8 Å². The first-order chi connectivity index (χ1) is 12.5. The predicted molar refractivity (Wildman–Crippen MR) is 102 cm³/mol. The first kappa shape index (κ1) is 20.9. The molecule has 0 amide bonds. The summed E-state index contributed by atoms with van der Waals surface area (Å²) in [5.41, 5.74) is 1.28. The number of alkyl halides is 1. The van der Waals surface area contributed by atoms with Crippen molar-refractivity contribution in [2.45, 2.75) is 84.1 Å². The van der Waals surface area contributed by atoms with Gasteiger partial charge in [-0.3, -0.25) is 0 Å². The van der Waals surface area contributed by atoms with Crippen LogP contribution in [0.25, 0.3) is 0 Å². The number of carbonyl (C=O) groups is 1. The van der Waals surface area contributed by atoms with Gasteiger partial charge < -0.3 is 9.47 Å². The van der Waals surface area contributed by atoms with E-state index >= 15 is 0 Å². The van der Waals surface area contributed by atoms with Gasteiger partial charge in [0.25, 0.3) is 0 Å². The molecule has 0 N–H and O–H groups in total. The molecule has 0 bridgehead atoms. The van der Waals surface area contributed by atoms with Crippen molar-refractivity contribution in [2.75, 3.05) is 6.61 Å². The molecule has 2 rings (SSSR count). The number of carbonyl (C=O) groups excluding carboxylic acids is 1. The fourth-order valence-corrected chi connectivity index (χ4v) is 3.67. The Kier molecular flexibility index (Phi) is 8.56. The van der Waals surface area contributed by atoms with Gasteiger partial charge in [-0.1, -0.05) is 69.9 Å². The maximum Gasteiger partial charge on any atom is 0.343 e. The van der Waals surface area contributed by atoms with Crippen molar-refractivity contribution in [1.82, 2.24) is 0 Å². The fourth-order valence-electron chi connectivity index (χ4n) is 3.67. The quantitative estimate of drug-likeness (QED) is 0.400. The van der Waals surface area contributed by atoms with Crippen LogP contribution in [0.1, 0.15) is 70.8 Å². The summed E-state index contributed by atoms with van der Waals surface area (Å²) in [6.45, 7) is 4.55. The molecular weight excluding hydrogens is 331 g/mol. The summed E-state index contributed by atoms with van der Waals surface area (Å²) in [6, 6.07) is 10.1. The number of benzene rings is 1. The van der Waals surface area contributed by atoms with Crippen LogP contribution in [0.5, 0.6) is 0 Å².